The summed E-state index contributed by atoms with van der Waals surface area (Å²) in [6.45, 7) is 2.82. The normalized spacial score (nSPS) is 17.1. The van der Waals surface area contributed by atoms with Crippen molar-refractivity contribution in [2.24, 2.45) is 0 Å². The van der Waals surface area contributed by atoms with E-state index >= 15 is 0 Å². The van der Waals surface area contributed by atoms with E-state index in [2.05, 4.69) is 0 Å². The van der Waals surface area contributed by atoms with Gasteiger partial charge in [0, 0.05) is 17.4 Å². The zero-order chi connectivity index (χ0) is 18.1. The molecule has 0 aliphatic carbocycles. The largest absolute Gasteiger partial charge is 0.377 e. The molecule has 0 bridgehead atoms. The summed E-state index contributed by atoms with van der Waals surface area (Å²) in [6, 6.07) is 13.1. The fourth-order valence-electron chi connectivity index (χ4n) is 3.21. The molecule has 1 aliphatic rings. The van der Waals surface area contributed by atoms with E-state index in [9.17, 15) is 4.79 Å². The van der Waals surface area contributed by atoms with Gasteiger partial charge in [-0.25, -0.2) is 4.98 Å². The SMILES string of the molecule is Cc1ccccc1-n1c(SC[C@@H]2CCCO2)nc2cc(Cl)ccc2c1=O. The van der Waals surface area contributed by atoms with Gasteiger partial charge in [0.2, 0.25) is 0 Å². The number of halogens is 1. The summed E-state index contributed by atoms with van der Waals surface area (Å²) in [5.74, 6) is 0.782. The number of hydrogen-bond donors (Lipinski definition) is 0. The lowest BCUT2D eigenvalue weighted by molar-refractivity contribution is 0.129. The lowest BCUT2D eigenvalue weighted by Gasteiger charge is -2.16. The number of aryl methyl sites for hydroxylation is 1. The van der Waals surface area contributed by atoms with E-state index < -0.39 is 0 Å². The van der Waals surface area contributed by atoms with Gasteiger partial charge in [0.15, 0.2) is 5.16 Å². The minimum Gasteiger partial charge on any atom is -0.377 e. The molecule has 1 aliphatic heterocycles. The van der Waals surface area contributed by atoms with Crippen molar-refractivity contribution >= 4 is 34.3 Å². The van der Waals surface area contributed by atoms with E-state index in [0.29, 0.717) is 21.1 Å². The van der Waals surface area contributed by atoms with Gasteiger partial charge in [-0.1, -0.05) is 41.6 Å². The minimum atomic E-state index is -0.0733. The highest BCUT2D eigenvalue weighted by Crippen LogP contribution is 2.27. The molecule has 1 atom stereocenters. The first-order valence-electron chi connectivity index (χ1n) is 8.66. The topological polar surface area (TPSA) is 44.1 Å². The molecule has 0 saturated carbocycles. The average molecular weight is 387 g/mol. The van der Waals surface area contributed by atoms with Crippen LogP contribution in [0.3, 0.4) is 0 Å². The van der Waals surface area contributed by atoms with Crippen LogP contribution in [0.2, 0.25) is 5.02 Å². The summed E-state index contributed by atoms with van der Waals surface area (Å²) in [5, 5.41) is 1.82. The maximum Gasteiger partial charge on any atom is 0.266 e. The second-order valence-electron chi connectivity index (χ2n) is 6.43. The second-order valence-corrected chi connectivity index (χ2v) is 7.85. The van der Waals surface area contributed by atoms with Crippen LogP contribution in [0.25, 0.3) is 16.6 Å². The molecule has 1 saturated heterocycles. The number of nitrogens with zero attached hydrogens (tertiary/aromatic N) is 2. The van der Waals surface area contributed by atoms with Gasteiger partial charge in [-0.3, -0.25) is 9.36 Å². The molecule has 0 amide bonds. The smallest absolute Gasteiger partial charge is 0.266 e. The van der Waals surface area contributed by atoms with Crippen molar-refractivity contribution in [3.8, 4) is 5.69 Å². The third-order valence-corrected chi connectivity index (χ3v) is 5.88. The summed E-state index contributed by atoms with van der Waals surface area (Å²) in [6.07, 6.45) is 2.37. The van der Waals surface area contributed by atoms with Crippen LogP contribution in [-0.4, -0.2) is 28.0 Å². The van der Waals surface area contributed by atoms with Crippen molar-refractivity contribution in [1.29, 1.82) is 0 Å². The van der Waals surface area contributed by atoms with Gasteiger partial charge >= 0.3 is 0 Å². The van der Waals surface area contributed by atoms with Crippen LogP contribution in [0.15, 0.2) is 52.4 Å². The van der Waals surface area contributed by atoms with Gasteiger partial charge in [-0.15, -0.1) is 0 Å². The first-order valence-corrected chi connectivity index (χ1v) is 10.0. The van der Waals surface area contributed by atoms with Crippen molar-refractivity contribution in [1.82, 2.24) is 9.55 Å². The van der Waals surface area contributed by atoms with E-state index in [4.69, 9.17) is 21.3 Å². The monoisotopic (exact) mass is 386 g/mol. The number of rotatable bonds is 4. The van der Waals surface area contributed by atoms with Gasteiger partial charge in [0.05, 0.1) is 22.7 Å². The molecule has 6 heteroatoms. The minimum absolute atomic E-state index is 0.0733. The summed E-state index contributed by atoms with van der Waals surface area (Å²) in [7, 11) is 0. The number of hydrogen-bond acceptors (Lipinski definition) is 4. The Morgan fingerprint density at radius 3 is 2.92 bits per heavy atom. The molecule has 0 N–H and O–H groups in total. The maximum atomic E-state index is 13.2. The number of benzene rings is 2. The lowest BCUT2D eigenvalue weighted by atomic mass is 10.2. The van der Waals surface area contributed by atoms with Crippen LogP contribution in [-0.2, 0) is 4.74 Å². The van der Waals surface area contributed by atoms with E-state index in [1.165, 1.54) is 0 Å². The summed E-state index contributed by atoms with van der Waals surface area (Å²) >= 11 is 7.68. The zero-order valence-corrected chi connectivity index (χ0v) is 16.0. The van der Waals surface area contributed by atoms with E-state index in [1.54, 1.807) is 34.5 Å². The molecule has 0 unspecified atom stereocenters. The first-order chi connectivity index (χ1) is 12.6. The Kier molecular flexibility index (Phi) is 5.02. The standard InChI is InChI=1S/C20H19ClN2O2S/c1-13-5-2-3-7-18(13)23-19(24)16-9-8-14(21)11-17(16)22-20(23)26-12-15-6-4-10-25-15/h2-3,5,7-9,11,15H,4,6,10,12H2,1H3/t15-/m0/s1. The first kappa shape index (κ1) is 17.6. The van der Waals surface area contributed by atoms with Crippen molar-refractivity contribution in [2.45, 2.75) is 31.0 Å². The second kappa shape index (κ2) is 7.43. The summed E-state index contributed by atoms with van der Waals surface area (Å²) in [5.41, 5.74) is 2.44. The Labute approximate surface area is 161 Å². The highest BCUT2D eigenvalue weighted by Gasteiger charge is 2.19. The van der Waals surface area contributed by atoms with Crippen LogP contribution >= 0.6 is 23.4 Å². The van der Waals surface area contributed by atoms with Gasteiger partial charge in [0.1, 0.15) is 0 Å². The Hall–Kier alpha value is -1.82. The molecule has 134 valence electrons. The predicted molar refractivity (Wildman–Crippen MR) is 107 cm³/mol. The van der Waals surface area contributed by atoms with Crippen molar-refractivity contribution in [2.75, 3.05) is 12.4 Å². The number of ether oxygens (including phenoxy) is 1. The summed E-state index contributed by atoms with van der Waals surface area (Å²) < 4.78 is 7.44. The molecular formula is C20H19ClN2O2S. The molecule has 0 radical (unpaired) electrons. The highest BCUT2D eigenvalue weighted by molar-refractivity contribution is 7.99. The number of para-hydroxylation sites is 1. The molecule has 1 fully saturated rings. The van der Waals surface area contributed by atoms with Crippen molar-refractivity contribution in [3.05, 3.63) is 63.4 Å². The molecule has 4 nitrogen and oxygen atoms in total. The zero-order valence-electron chi connectivity index (χ0n) is 14.4. The Balaban J connectivity index is 1.87. The van der Waals surface area contributed by atoms with E-state index in [0.717, 1.165) is 36.5 Å². The third-order valence-electron chi connectivity index (χ3n) is 4.58. The molecular weight excluding hydrogens is 368 g/mol. The van der Waals surface area contributed by atoms with Crippen LogP contribution in [0.5, 0.6) is 0 Å². The van der Waals surface area contributed by atoms with Crippen molar-refractivity contribution < 1.29 is 4.74 Å². The third kappa shape index (κ3) is 3.39. The van der Waals surface area contributed by atoms with Crippen LogP contribution in [0.4, 0.5) is 0 Å². The van der Waals surface area contributed by atoms with Gasteiger partial charge in [-0.05, 0) is 49.6 Å². The summed E-state index contributed by atoms with van der Waals surface area (Å²) in [4.78, 5) is 18.0. The fourth-order valence-corrected chi connectivity index (χ4v) is 4.44. The van der Waals surface area contributed by atoms with Gasteiger partial charge < -0.3 is 4.74 Å². The van der Waals surface area contributed by atoms with E-state index in [1.807, 2.05) is 31.2 Å². The Bertz CT molecular complexity index is 1010. The quantitative estimate of drug-likeness (QED) is 0.484. The molecule has 4 rings (SSSR count). The number of aromatic nitrogens is 2. The number of thioether (sulfide) groups is 1. The molecule has 1 aromatic heterocycles. The number of fused-ring (bicyclic) bond motifs is 1. The fraction of sp³-hybridized carbons (Fsp3) is 0.300. The molecule has 2 heterocycles. The Morgan fingerprint density at radius 2 is 2.15 bits per heavy atom. The maximum absolute atomic E-state index is 13.2. The molecule has 26 heavy (non-hydrogen) atoms. The van der Waals surface area contributed by atoms with Crippen molar-refractivity contribution in [3.63, 3.8) is 0 Å². The van der Waals surface area contributed by atoms with Gasteiger partial charge in [0.25, 0.3) is 5.56 Å². The molecule has 3 aromatic rings. The van der Waals surface area contributed by atoms with E-state index in [-0.39, 0.29) is 11.7 Å². The molecule has 2 aromatic carbocycles. The highest BCUT2D eigenvalue weighted by atomic mass is 35.5. The lowest BCUT2D eigenvalue weighted by Crippen LogP contribution is -2.23. The van der Waals surface area contributed by atoms with Crippen LogP contribution < -0.4 is 5.56 Å². The predicted octanol–water partition coefficient (Wildman–Crippen LogP) is 4.62. The van der Waals surface area contributed by atoms with Crippen LogP contribution in [0, 0.1) is 6.92 Å². The van der Waals surface area contributed by atoms with Crippen LogP contribution in [0.1, 0.15) is 18.4 Å². The average Bonchev–Trinajstić information content (AvgIpc) is 3.14. The molecule has 0 spiro atoms. The van der Waals surface area contributed by atoms with Gasteiger partial charge in [-0.2, -0.15) is 0 Å². The Morgan fingerprint density at radius 1 is 1.31 bits per heavy atom.